The first-order valence-electron chi connectivity index (χ1n) is 4.56. The summed E-state index contributed by atoms with van der Waals surface area (Å²) in [5, 5.41) is 18.0. The molecule has 7 heteroatoms. The van der Waals surface area contributed by atoms with Gasteiger partial charge in [0.2, 0.25) is 0 Å². The normalized spacial score (nSPS) is 13.4. The van der Waals surface area contributed by atoms with E-state index in [4.69, 9.17) is 5.11 Å². The smallest absolute Gasteiger partial charge is 0.337 e. The van der Waals surface area contributed by atoms with Crippen LogP contribution in [0.5, 0.6) is 0 Å². The molecule has 0 heterocycles. The minimum atomic E-state index is -3.36. The van der Waals surface area contributed by atoms with Gasteiger partial charge < -0.3 is 10.2 Å². The first-order chi connectivity index (χ1) is 7.77. The Morgan fingerprint density at radius 2 is 2.00 bits per heavy atom. The Morgan fingerprint density at radius 3 is 2.41 bits per heavy atom. The summed E-state index contributed by atoms with van der Waals surface area (Å²) in [4.78, 5) is 11.2. The number of benzene rings is 1. The van der Waals surface area contributed by atoms with E-state index in [1.807, 2.05) is 0 Å². The average Bonchev–Trinajstić information content (AvgIpc) is 2.25. The molecule has 0 saturated carbocycles. The molecule has 0 saturated heterocycles. The third kappa shape index (κ3) is 3.21. The summed E-state index contributed by atoms with van der Waals surface area (Å²) in [5.74, 6) is -1.37. The predicted molar refractivity (Wildman–Crippen MR) is 63.9 cm³/mol. The molecule has 1 aromatic carbocycles. The Morgan fingerprint density at radius 1 is 1.41 bits per heavy atom. The van der Waals surface area contributed by atoms with Crippen molar-refractivity contribution in [2.45, 2.75) is 15.9 Å². The molecule has 2 N–H and O–H groups in total. The zero-order chi connectivity index (χ0) is 13.2. The molecule has 5 nitrogen and oxygen atoms in total. The number of carboxylic acid groups (broad SMARTS) is 1. The molecule has 17 heavy (non-hydrogen) atoms. The molecule has 1 aromatic rings. The number of sulfone groups is 1. The lowest BCUT2D eigenvalue weighted by atomic mass is 10.1. The second kappa shape index (κ2) is 5.07. The highest BCUT2D eigenvalue weighted by molar-refractivity contribution is 7.99. The van der Waals surface area contributed by atoms with Gasteiger partial charge in [-0.15, -0.1) is 11.8 Å². The van der Waals surface area contributed by atoms with E-state index in [2.05, 4.69) is 0 Å². The number of carbonyl (C=O) groups is 1. The van der Waals surface area contributed by atoms with Crippen molar-refractivity contribution in [2.24, 2.45) is 0 Å². The largest absolute Gasteiger partial charge is 0.479 e. The zero-order valence-corrected chi connectivity index (χ0v) is 10.9. The number of rotatable bonds is 4. The first-order valence-corrected chi connectivity index (χ1v) is 7.68. The Kier molecular flexibility index (Phi) is 4.18. The standard InChI is InChI=1S/C10H12O5S2/c1-16-7-5-6(9(11)10(12)13)3-4-8(7)17(2,14)15/h3-5,9,11H,1-2H3,(H,12,13). The van der Waals surface area contributed by atoms with E-state index in [1.54, 1.807) is 6.26 Å². The topological polar surface area (TPSA) is 91.7 Å². The molecule has 94 valence electrons. The number of aliphatic carboxylic acids is 1. The molecular weight excluding hydrogens is 264 g/mol. The summed E-state index contributed by atoms with van der Waals surface area (Å²) in [6.45, 7) is 0. The van der Waals surface area contributed by atoms with Crippen LogP contribution >= 0.6 is 11.8 Å². The molecule has 0 spiro atoms. The number of aliphatic hydroxyl groups excluding tert-OH is 1. The molecule has 1 rings (SSSR count). The Bertz CT molecular complexity index is 536. The summed E-state index contributed by atoms with van der Waals surface area (Å²) >= 11 is 1.18. The predicted octanol–water partition coefficient (Wildman–Crippen LogP) is 0.930. The van der Waals surface area contributed by atoms with Crippen molar-refractivity contribution in [3.8, 4) is 0 Å². The van der Waals surface area contributed by atoms with Crippen molar-refractivity contribution < 1.29 is 23.4 Å². The van der Waals surface area contributed by atoms with Crippen molar-refractivity contribution in [3.63, 3.8) is 0 Å². The van der Waals surface area contributed by atoms with Gasteiger partial charge in [0.15, 0.2) is 15.9 Å². The third-order valence-electron chi connectivity index (χ3n) is 2.14. The van der Waals surface area contributed by atoms with Gasteiger partial charge in [0.1, 0.15) is 0 Å². The lowest BCUT2D eigenvalue weighted by Gasteiger charge is -2.10. The fraction of sp³-hybridized carbons (Fsp3) is 0.300. The molecule has 1 unspecified atom stereocenters. The van der Waals surface area contributed by atoms with Crippen molar-refractivity contribution in [2.75, 3.05) is 12.5 Å². The van der Waals surface area contributed by atoms with Crippen molar-refractivity contribution >= 4 is 27.6 Å². The molecule has 0 aliphatic carbocycles. The summed E-state index contributed by atoms with van der Waals surface area (Å²) in [6, 6.07) is 3.98. The molecule has 0 aromatic heterocycles. The Balaban J connectivity index is 3.32. The van der Waals surface area contributed by atoms with E-state index in [1.165, 1.54) is 30.0 Å². The van der Waals surface area contributed by atoms with Crippen LogP contribution in [0.3, 0.4) is 0 Å². The van der Waals surface area contributed by atoms with Crippen LogP contribution in [-0.4, -0.2) is 37.1 Å². The highest BCUT2D eigenvalue weighted by Crippen LogP contribution is 2.28. The maximum Gasteiger partial charge on any atom is 0.337 e. The summed E-state index contributed by atoms with van der Waals surface area (Å²) < 4.78 is 22.9. The number of aliphatic hydroxyl groups is 1. The molecular formula is C10H12O5S2. The van der Waals surface area contributed by atoms with Gasteiger partial charge in [-0.1, -0.05) is 6.07 Å². The van der Waals surface area contributed by atoms with Crippen LogP contribution in [0.4, 0.5) is 0 Å². The van der Waals surface area contributed by atoms with Crippen molar-refractivity contribution in [3.05, 3.63) is 23.8 Å². The van der Waals surface area contributed by atoms with Crippen LogP contribution in [-0.2, 0) is 14.6 Å². The second-order valence-electron chi connectivity index (χ2n) is 3.42. The van der Waals surface area contributed by atoms with Gasteiger partial charge in [0, 0.05) is 11.2 Å². The SMILES string of the molecule is CSc1cc(C(O)C(=O)O)ccc1S(C)(=O)=O. The summed E-state index contributed by atoms with van der Waals surface area (Å²) in [5.41, 5.74) is 0.161. The number of carboxylic acids is 1. The Labute approximate surface area is 103 Å². The second-order valence-corrected chi connectivity index (χ2v) is 6.26. The lowest BCUT2D eigenvalue weighted by molar-refractivity contribution is -0.146. The maximum atomic E-state index is 11.4. The molecule has 0 fully saturated rings. The third-order valence-corrected chi connectivity index (χ3v) is 4.20. The van der Waals surface area contributed by atoms with Gasteiger partial charge in [0.25, 0.3) is 0 Å². The number of hydrogen-bond acceptors (Lipinski definition) is 5. The van der Waals surface area contributed by atoms with E-state index in [9.17, 15) is 18.3 Å². The molecule has 0 aliphatic heterocycles. The average molecular weight is 276 g/mol. The van der Waals surface area contributed by atoms with E-state index >= 15 is 0 Å². The quantitative estimate of drug-likeness (QED) is 0.795. The number of thioether (sulfide) groups is 1. The van der Waals surface area contributed by atoms with Gasteiger partial charge in [-0.25, -0.2) is 13.2 Å². The van der Waals surface area contributed by atoms with E-state index in [0.717, 1.165) is 6.26 Å². The van der Waals surface area contributed by atoms with E-state index in [-0.39, 0.29) is 10.5 Å². The molecule has 0 radical (unpaired) electrons. The molecule has 0 bridgehead atoms. The summed E-state index contributed by atoms with van der Waals surface area (Å²) in [6.07, 6.45) is 1.12. The summed E-state index contributed by atoms with van der Waals surface area (Å²) in [7, 11) is -3.36. The fourth-order valence-electron chi connectivity index (χ4n) is 1.30. The van der Waals surface area contributed by atoms with Gasteiger partial charge in [-0.3, -0.25) is 0 Å². The molecule has 1 atom stereocenters. The van der Waals surface area contributed by atoms with E-state index in [0.29, 0.717) is 4.90 Å². The maximum absolute atomic E-state index is 11.4. The van der Waals surface area contributed by atoms with Crippen LogP contribution in [0.1, 0.15) is 11.7 Å². The minimum absolute atomic E-state index is 0.131. The first kappa shape index (κ1) is 14.0. The van der Waals surface area contributed by atoms with Crippen LogP contribution in [0.15, 0.2) is 28.0 Å². The monoisotopic (exact) mass is 276 g/mol. The Hall–Kier alpha value is -1.05. The van der Waals surface area contributed by atoms with Gasteiger partial charge in [-0.2, -0.15) is 0 Å². The number of hydrogen-bond donors (Lipinski definition) is 2. The van der Waals surface area contributed by atoms with Gasteiger partial charge in [-0.05, 0) is 24.0 Å². The van der Waals surface area contributed by atoms with Gasteiger partial charge in [0.05, 0.1) is 4.90 Å². The highest BCUT2D eigenvalue weighted by Gasteiger charge is 2.19. The molecule has 0 aliphatic rings. The van der Waals surface area contributed by atoms with Crippen molar-refractivity contribution in [1.29, 1.82) is 0 Å². The van der Waals surface area contributed by atoms with Crippen LogP contribution in [0.25, 0.3) is 0 Å². The lowest BCUT2D eigenvalue weighted by Crippen LogP contribution is -2.11. The van der Waals surface area contributed by atoms with Gasteiger partial charge >= 0.3 is 5.97 Å². The zero-order valence-electron chi connectivity index (χ0n) is 9.25. The van der Waals surface area contributed by atoms with Crippen LogP contribution < -0.4 is 0 Å². The fourth-order valence-corrected chi connectivity index (χ4v) is 3.27. The molecule has 0 amide bonds. The van der Waals surface area contributed by atoms with Crippen LogP contribution in [0, 0.1) is 0 Å². The van der Waals surface area contributed by atoms with Crippen LogP contribution in [0.2, 0.25) is 0 Å². The van der Waals surface area contributed by atoms with Crippen molar-refractivity contribution in [1.82, 2.24) is 0 Å². The highest BCUT2D eigenvalue weighted by atomic mass is 32.2. The minimum Gasteiger partial charge on any atom is -0.479 e. The van der Waals surface area contributed by atoms with E-state index < -0.39 is 21.9 Å².